The first-order valence-corrected chi connectivity index (χ1v) is 6.30. The van der Waals surface area contributed by atoms with E-state index < -0.39 is 24.7 Å². The number of rotatable bonds is 7. The number of nitrogens with one attached hydrogen (secondary N) is 2. The van der Waals surface area contributed by atoms with Gasteiger partial charge < -0.3 is 25.2 Å². The molecule has 1 atom stereocenters. The second-order valence-electron chi connectivity index (χ2n) is 4.14. The van der Waals surface area contributed by atoms with Crippen molar-refractivity contribution in [3.05, 3.63) is 18.2 Å². The summed E-state index contributed by atoms with van der Waals surface area (Å²) in [5.74, 6) is -1.35. The molecule has 0 aliphatic carbocycles. The number of ether oxygens (including phenoxy) is 2. The van der Waals surface area contributed by atoms with Gasteiger partial charge in [-0.2, -0.15) is 8.78 Å². The Morgan fingerprint density at radius 3 is 2.50 bits per heavy atom. The molecule has 0 spiro atoms. The van der Waals surface area contributed by atoms with E-state index in [1.54, 1.807) is 6.92 Å². The summed E-state index contributed by atoms with van der Waals surface area (Å²) in [6, 6.07) is 2.06. The second-order valence-corrected chi connectivity index (χ2v) is 4.14. The van der Waals surface area contributed by atoms with Gasteiger partial charge in [-0.05, 0) is 18.6 Å². The van der Waals surface area contributed by atoms with Crippen LogP contribution in [0.1, 0.15) is 13.3 Å². The zero-order chi connectivity index (χ0) is 16.7. The molecule has 9 heteroatoms. The Bertz CT molecular complexity index is 539. The highest BCUT2D eigenvalue weighted by Gasteiger charge is 2.18. The van der Waals surface area contributed by atoms with Gasteiger partial charge in [-0.25, -0.2) is 9.59 Å². The molecule has 22 heavy (non-hydrogen) atoms. The zero-order valence-corrected chi connectivity index (χ0v) is 11.9. The summed E-state index contributed by atoms with van der Waals surface area (Å²) in [7, 11) is 1.28. The largest absolute Gasteiger partial charge is 0.493 e. The molecular formula is C13H16F2N2O5. The fraction of sp³-hybridized carbons (Fsp3) is 0.385. The van der Waals surface area contributed by atoms with E-state index in [9.17, 15) is 18.4 Å². The van der Waals surface area contributed by atoms with Gasteiger partial charge in [0.25, 0.3) is 0 Å². The second kappa shape index (κ2) is 8.01. The van der Waals surface area contributed by atoms with Crippen molar-refractivity contribution < 1.29 is 33.0 Å². The van der Waals surface area contributed by atoms with E-state index >= 15 is 0 Å². The van der Waals surface area contributed by atoms with Gasteiger partial charge in [0.2, 0.25) is 0 Å². The van der Waals surface area contributed by atoms with Crippen LogP contribution in [-0.2, 0) is 4.79 Å². The van der Waals surface area contributed by atoms with Gasteiger partial charge in [0, 0.05) is 11.8 Å². The van der Waals surface area contributed by atoms with Crippen LogP contribution in [-0.4, -0.2) is 36.9 Å². The number of alkyl halides is 2. The molecule has 0 saturated carbocycles. The van der Waals surface area contributed by atoms with Crippen molar-refractivity contribution in [1.29, 1.82) is 0 Å². The monoisotopic (exact) mass is 318 g/mol. The number of benzene rings is 1. The molecule has 0 fully saturated rings. The normalized spacial score (nSPS) is 11.7. The average molecular weight is 318 g/mol. The van der Waals surface area contributed by atoms with Crippen molar-refractivity contribution in [2.75, 3.05) is 12.4 Å². The van der Waals surface area contributed by atoms with E-state index in [-0.39, 0.29) is 23.6 Å². The molecule has 122 valence electrons. The maximum Gasteiger partial charge on any atom is 0.387 e. The number of carbonyl (C=O) groups is 2. The topological polar surface area (TPSA) is 96.9 Å². The van der Waals surface area contributed by atoms with Gasteiger partial charge in [0.15, 0.2) is 11.5 Å². The molecular weight excluding hydrogens is 302 g/mol. The Balaban J connectivity index is 2.80. The third-order valence-electron chi connectivity index (χ3n) is 2.65. The van der Waals surface area contributed by atoms with E-state index in [1.807, 2.05) is 0 Å². The van der Waals surface area contributed by atoms with E-state index in [4.69, 9.17) is 9.84 Å². The Labute approximate surface area is 125 Å². The molecule has 1 aromatic carbocycles. The van der Waals surface area contributed by atoms with E-state index in [0.717, 1.165) is 6.07 Å². The smallest absolute Gasteiger partial charge is 0.387 e. The number of methoxy groups -OCH3 is 1. The summed E-state index contributed by atoms with van der Waals surface area (Å²) in [5, 5.41) is 13.4. The van der Waals surface area contributed by atoms with Crippen LogP contribution < -0.4 is 20.1 Å². The average Bonchev–Trinajstić information content (AvgIpc) is 2.44. The Hall–Kier alpha value is -2.58. The van der Waals surface area contributed by atoms with Crippen LogP contribution in [0.25, 0.3) is 0 Å². The van der Waals surface area contributed by atoms with Gasteiger partial charge in [-0.1, -0.05) is 6.92 Å². The van der Waals surface area contributed by atoms with Crippen molar-refractivity contribution in [3.8, 4) is 11.5 Å². The van der Waals surface area contributed by atoms with Gasteiger partial charge in [0.1, 0.15) is 6.04 Å². The van der Waals surface area contributed by atoms with E-state index in [1.165, 1.54) is 19.2 Å². The van der Waals surface area contributed by atoms with Gasteiger partial charge in [-0.3, -0.25) is 0 Å². The van der Waals surface area contributed by atoms with Gasteiger partial charge in [0.05, 0.1) is 7.11 Å². The number of hydrogen-bond donors (Lipinski definition) is 3. The van der Waals surface area contributed by atoms with Crippen LogP contribution in [0.4, 0.5) is 19.3 Å². The minimum absolute atomic E-state index is 0.0724. The summed E-state index contributed by atoms with van der Waals surface area (Å²) in [4.78, 5) is 22.5. The molecule has 0 unspecified atom stereocenters. The number of amides is 2. The number of urea groups is 1. The van der Waals surface area contributed by atoms with E-state index in [0.29, 0.717) is 0 Å². The predicted molar refractivity (Wildman–Crippen MR) is 73.5 cm³/mol. The molecule has 1 rings (SSSR count). The summed E-state index contributed by atoms with van der Waals surface area (Å²) in [6.07, 6.45) is 0.200. The van der Waals surface area contributed by atoms with Gasteiger partial charge >= 0.3 is 18.6 Å². The van der Waals surface area contributed by atoms with Crippen LogP contribution >= 0.6 is 0 Å². The maximum atomic E-state index is 12.3. The predicted octanol–water partition coefficient (Wildman–Crippen LogP) is 2.28. The molecule has 0 aliphatic heterocycles. The number of halogens is 2. The fourth-order valence-corrected chi connectivity index (χ4v) is 1.61. The fourth-order valence-electron chi connectivity index (χ4n) is 1.61. The molecule has 0 radical (unpaired) electrons. The van der Waals surface area contributed by atoms with Crippen LogP contribution in [0, 0.1) is 0 Å². The molecule has 2 amide bonds. The van der Waals surface area contributed by atoms with E-state index in [2.05, 4.69) is 15.4 Å². The standard InChI is InChI=1S/C13H16F2N2O5/c1-3-8(11(18)19)17-13(20)16-7-4-5-9(21-2)10(6-7)22-12(14)15/h4-6,8,12H,3H2,1-2H3,(H,18,19)(H2,16,17,20)/t8-/m0/s1. The SMILES string of the molecule is CC[C@H](NC(=O)Nc1ccc(OC)c(OC(F)F)c1)C(=O)O. The van der Waals surface area contributed by atoms with Crippen molar-refractivity contribution in [3.63, 3.8) is 0 Å². The molecule has 3 N–H and O–H groups in total. The highest BCUT2D eigenvalue weighted by atomic mass is 19.3. The third-order valence-corrected chi connectivity index (χ3v) is 2.65. The van der Waals surface area contributed by atoms with Crippen LogP contribution in [0.3, 0.4) is 0 Å². The lowest BCUT2D eigenvalue weighted by Crippen LogP contribution is -2.42. The molecule has 1 aromatic rings. The quantitative estimate of drug-likeness (QED) is 0.716. The van der Waals surface area contributed by atoms with Crippen molar-refractivity contribution in [2.24, 2.45) is 0 Å². The lowest BCUT2D eigenvalue weighted by atomic mass is 10.2. The lowest BCUT2D eigenvalue weighted by molar-refractivity contribution is -0.139. The maximum absolute atomic E-state index is 12.3. The highest BCUT2D eigenvalue weighted by molar-refractivity contribution is 5.92. The Morgan fingerprint density at radius 2 is 2.00 bits per heavy atom. The number of hydrogen-bond acceptors (Lipinski definition) is 4. The Morgan fingerprint density at radius 1 is 1.32 bits per heavy atom. The number of aliphatic carboxylic acids is 1. The summed E-state index contributed by atoms with van der Waals surface area (Å²) in [6.45, 7) is -1.45. The molecule has 7 nitrogen and oxygen atoms in total. The first-order valence-electron chi connectivity index (χ1n) is 6.30. The summed E-state index contributed by atoms with van der Waals surface area (Å²) < 4.78 is 33.7. The first kappa shape index (κ1) is 17.5. The first-order chi connectivity index (χ1) is 10.4. The molecule has 0 heterocycles. The van der Waals surface area contributed by atoms with Crippen molar-refractivity contribution in [2.45, 2.75) is 26.0 Å². The highest BCUT2D eigenvalue weighted by Crippen LogP contribution is 2.31. The van der Waals surface area contributed by atoms with Crippen LogP contribution in [0.2, 0.25) is 0 Å². The van der Waals surface area contributed by atoms with Gasteiger partial charge in [-0.15, -0.1) is 0 Å². The minimum atomic E-state index is -3.05. The number of carbonyl (C=O) groups excluding carboxylic acids is 1. The minimum Gasteiger partial charge on any atom is -0.493 e. The lowest BCUT2D eigenvalue weighted by Gasteiger charge is -2.15. The Kier molecular flexibility index (Phi) is 6.36. The molecule has 0 bridgehead atoms. The summed E-state index contributed by atoms with van der Waals surface area (Å²) in [5.41, 5.74) is 0.147. The molecule has 0 aliphatic rings. The third kappa shape index (κ3) is 5.08. The molecule has 0 saturated heterocycles. The zero-order valence-electron chi connectivity index (χ0n) is 11.9. The molecule has 0 aromatic heterocycles. The number of carboxylic acids is 1. The number of anilines is 1. The van der Waals surface area contributed by atoms with Crippen molar-refractivity contribution in [1.82, 2.24) is 5.32 Å². The van der Waals surface area contributed by atoms with Crippen LogP contribution in [0.5, 0.6) is 11.5 Å². The number of carboxylic acid groups (broad SMARTS) is 1. The van der Waals surface area contributed by atoms with Crippen molar-refractivity contribution >= 4 is 17.7 Å². The van der Waals surface area contributed by atoms with Crippen LogP contribution in [0.15, 0.2) is 18.2 Å². The summed E-state index contributed by atoms with van der Waals surface area (Å²) >= 11 is 0.